The van der Waals surface area contributed by atoms with Crippen LogP contribution in [0.2, 0.25) is 0 Å². The largest absolute Gasteiger partial charge is 0.322 e. The quantitative estimate of drug-likeness (QED) is 0.338. The molecular formula is C20H13Br2N3O4. The highest BCUT2D eigenvalue weighted by atomic mass is 79.9. The number of carbonyl (C=O) groups excluding carboxylic acids is 2. The zero-order chi connectivity index (χ0) is 21.0. The van der Waals surface area contributed by atoms with Crippen LogP contribution in [0.1, 0.15) is 20.7 Å². The molecule has 2 N–H and O–H groups in total. The standard InChI is InChI=1S/C20H13Br2N3O4/c21-14-5-1-3-12(9-14)19(26)23-16-7-8-18(25(28)29)17(11-16)24-20(27)13-4-2-6-15(22)10-13/h1-11H,(H,23,26)(H,24,27). The molecule has 0 saturated carbocycles. The summed E-state index contributed by atoms with van der Waals surface area (Å²) in [5, 5.41) is 16.6. The second-order valence-electron chi connectivity index (χ2n) is 5.92. The highest BCUT2D eigenvalue weighted by Crippen LogP contribution is 2.29. The number of hydrogen-bond acceptors (Lipinski definition) is 4. The first-order chi connectivity index (χ1) is 13.8. The van der Waals surface area contributed by atoms with E-state index in [9.17, 15) is 19.7 Å². The lowest BCUT2D eigenvalue weighted by Gasteiger charge is -2.10. The van der Waals surface area contributed by atoms with E-state index in [2.05, 4.69) is 42.5 Å². The fourth-order valence-electron chi connectivity index (χ4n) is 2.53. The molecule has 0 aliphatic carbocycles. The van der Waals surface area contributed by atoms with Crippen molar-refractivity contribution in [2.75, 3.05) is 10.6 Å². The van der Waals surface area contributed by atoms with E-state index in [1.807, 2.05) is 0 Å². The Balaban J connectivity index is 1.87. The van der Waals surface area contributed by atoms with Crippen molar-refractivity contribution in [3.63, 3.8) is 0 Å². The lowest BCUT2D eigenvalue weighted by molar-refractivity contribution is -0.383. The topological polar surface area (TPSA) is 101 Å². The molecule has 0 bridgehead atoms. The van der Waals surface area contributed by atoms with Gasteiger partial charge in [-0.2, -0.15) is 0 Å². The maximum absolute atomic E-state index is 12.5. The van der Waals surface area contributed by atoms with Gasteiger partial charge in [0, 0.05) is 31.8 Å². The van der Waals surface area contributed by atoms with Crippen molar-refractivity contribution >= 4 is 60.7 Å². The summed E-state index contributed by atoms with van der Waals surface area (Å²) in [4.78, 5) is 35.6. The maximum Gasteiger partial charge on any atom is 0.292 e. The van der Waals surface area contributed by atoms with Crippen molar-refractivity contribution in [3.8, 4) is 0 Å². The van der Waals surface area contributed by atoms with E-state index in [0.29, 0.717) is 21.3 Å². The van der Waals surface area contributed by atoms with E-state index in [-0.39, 0.29) is 17.3 Å². The van der Waals surface area contributed by atoms with Crippen LogP contribution in [0.3, 0.4) is 0 Å². The number of nitrogens with one attached hydrogen (secondary N) is 2. The first-order valence-electron chi connectivity index (χ1n) is 8.26. The number of nitro benzene ring substituents is 1. The number of amides is 2. The minimum Gasteiger partial charge on any atom is -0.322 e. The highest BCUT2D eigenvalue weighted by molar-refractivity contribution is 9.10. The molecule has 0 heterocycles. The minimum atomic E-state index is -0.601. The van der Waals surface area contributed by atoms with Crippen molar-refractivity contribution in [2.45, 2.75) is 0 Å². The average molecular weight is 519 g/mol. The Hall–Kier alpha value is -3.04. The molecule has 0 aromatic heterocycles. The highest BCUT2D eigenvalue weighted by Gasteiger charge is 2.18. The van der Waals surface area contributed by atoms with Crippen LogP contribution in [0.5, 0.6) is 0 Å². The van der Waals surface area contributed by atoms with Crippen LogP contribution in [-0.4, -0.2) is 16.7 Å². The van der Waals surface area contributed by atoms with Gasteiger partial charge in [-0.1, -0.05) is 44.0 Å². The van der Waals surface area contributed by atoms with Crippen molar-refractivity contribution in [3.05, 3.63) is 96.9 Å². The van der Waals surface area contributed by atoms with Crippen LogP contribution < -0.4 is 10.6 Å². The van der Waals surface area contributed by atoms with Crippen molar-refractivity contribution in [1.29, 1.82) is 0 Å². The Morgan fingerprint density at radius 2 is 1.34 bits per heavy atom. The molecule has 0 aliphatic heterocycles. The Bertz CT molecular complexity index is 1120. The van der Waals surface area contributed by atoms with Crippen molar-refractivity contribution in [2.24, 2.45) is 0 Å². The predicted molar refractivity (Wildman–Crippen MR) is 117 cm³/mol. The van der Waals surface area contributed by atoms with Gasteiger partial charge in [0.15, 0.2) is 0 Å². The molecule has 3 rings (SSSR count). The average Bonchev–Trinajstić information content (AvgIpc) is 2.68. The molecule has 0 saturated heterocycles. The van der Waals surface area contributed by atoms with E-state index < -0.39 is 10.8 Å². The molecule has 0 atom stereocenters. The van der Waals surface area contributed by atoms with Gasteiger partial charge in [-0.25, -0.2) is 0 Å². The minimum absolute atomic E-state index is 0.0213. The smallest absolute Gasteiger partial charge is 0.292 e. The van der Waals surface area contributed by atoms with Crippen LogP contribution >= 0.6 is 31.9 Å². The monoisotopic (exact) mass is 517 g/mol. The summed E-state index contributed by atoms with van der Waals surface area (Å²) in [6, 6.07) is 17.4. The summed E-state index contributed by atoms with van der Waals surface area (Å²) in [5.41, 5.74) is 0.751. The summed E-state index contributed by atoms with van der Waals surface area (Å²) in [6.07, 6.45) is 0. The predicted octanol–water partition coefficient (Wildman–Crippen LogP) is 5.62. The zero-order valence-electron chi connectivity index (χ0n) is 14.7. The fraction of sp³-hybridized carbons (Fsp3) is 0. The Morgan fingerprint density at radius 3 is 1.86 bits per heavy atom. The van der Waals surface area contributed by atoms with Crippen molar-refractivity contribution in [1.82, 2.24) is 0 Å². The second kappa shape index (κ2) is 8.97. The van der Waals surface area contributed by atoms with Gasteiger partial charge in [0.25, 0.3) is 17.5 Å². The van der Waals surface area contributed by atoms with E-state index in [1.165, 1.54) is 18.2 Å². The first kappa shape index (κ1) is 20.7. The fourth-order valence-corrected chi connectivity index (χ4v) is 3.33. The third-order valence-electron chi connectivity index (χ3n) is 3.87. The van der Waals surface area contributed by atoms with Crippen LogP contribution in [-0.2, 0) is 0 Å². The van der Waals surface area contributed by atoms with Gasteiger partial charge in [-0.05, 0) is 48.5 Å². The summed E-state index contributed by atoms with van der Waals surface area (Å²) >= 11 is 6.58. The van der Waals surface area contributed by atoms with Gasteiger partial charge in [-0.15, -0.1) is 0 Å². The summed E-state index contributed by atoms with van der Waals surface area (Å²) in [5.74, 6) is -0.894. The zero-order valence-corrected chi connectivity index (χ0v) is 17.9. The van der Waals surface area contributed by atoms with Gasteiger partial charge in [0.1, 0.15) is 5.69 Å². The van der Waals surface area contributed by atoms with Gasteiger partial charge < -0.3 is 10.6 Å². The molecule has 0 radical (unpaired) electrons. The lowest BCUT2D eigenvalue weighted by atomic mass is 10.1. The number of nitrogens with zero attached hydrogens (tertiary/aromatic N) is 1. The van der Waals surface area contributed by atoms with Crippen molar-refractivity contribution < 1.29 is 14.5 Å². The third-order valence-corrected chi connectivity index (χ3v) is 4.86. The molecule has 7 nitrogen and oxygen atoms in total. The van der Waals surface area contributed by atoms with Gasteiger partial charge in [-0.3, -0.25) is 19.7 Å². The third kappa shape index (κ3) is 5.27. The lowest BCUT2D eigenvalue weighted by Crippen LogP contribution is -2.15. The van der Waals surface area contributed by atoms with Gasteiger partial charge in [0.2, 0.25) is 0 Å². The SMILES string of the molecule is O=C(Nc1ccc([N+](=O)[O-])c(NC(=O)c2cccc(Br)c2)c1)c1cccc(Br)c1. The maximum atomic E-state index is 12.5. The molecule has 0 unspecified atom stereocenters. The molecule has 0 spiro atoms. The normalized spacial score (nSPS) is 10.3. The number of benzene rings is 3. The van der Waals surface area contributed by atoms with E-state index in [1.54, 1.807) is 48.5 Å². The first-order valence-corrected chi connectivity index (χ1v) is 9.84. The molecule has 9 heteroatoms. The Kier molecular flexibility index (Phi) is 6.40. The molecule has 29 heavy (non-hydrogen) atoms. The summed E-state index contributed by atoms with van der Waals surface area (Å²) < 4.78 is 1.45. The molecule has 3 aromatic carbocycles. The van der Waals surface area contributed by atoms with Crippen LogP contribution in [0.25, 0.3) is 0 Å². The van der Waals surface area contributed by atoms with E-state index in [4.69, 9.17) is 0 Å². The van der Waals surface area contributed by atoms with Crippen LogP contribution in [0.4, 0.5) is 17.1 Å². The molecule has 3 aromatic rings. The van der Waals surface area contributed by atoms with Gasteiger partial charge >= 0.3 is 0 Å². The van der Waals surface area contributed by atoms with E-state index >= 15 is 0 Å². The van der Waals surface area contributed by atoms with Crippen LogP contribution in [0, 0.1) is 10.1 Å². The molecule has 0 aliphatic rings. The molecular weight excluding hydrogens is 506 g/mol. The van der Waals surface area contributed by atoms with Crippen LogP contribution in [0.15, 0.2) is 75.7 Å². The molecule has 0 fully saturated rings. The Labute approximate surface area is 182 Å². The summed E-state index contributed by atoms with van der Waals surface area (Å²) in [7, 11) is 0. The number of carbonyl (C=O) groups is 2. The number of hydrogen-bond donors (Lipinski definition) is 2. The number of rotatable bonds is 5. The number of nitro groups is 1. The molecule has 2 amide bonds. The van der Waals surface area contributed by atoms with Gasteiger partial charge in [0.05, 0.1) is 4.92 Å². The Morgan fingerprint density at radius 1 is 0.793 bits per heavy atom. The number of anilines is 2. The van der Waals surface area contributed by atoms with E-state index in [0.717, 1.165) is 4.47 Å². The number of halogens is 2. The summed E-state index contributed by atoms with van der Waals surface area (Å²) in [6.45, 7) is 0. The molecule has 146 valence electrons. The second-order valence-corrected chi connectivity index (χ2v) is 7.75.